The summed E-state index contributed by atoms with van der Waals surface area (Å²) in [6, 6.07) is 4.38. The predicted molar refractivity (Wildman–Crippen MR) is 99.2 cm³/mol. The number of rotatable bonds is 6. The van der Waals surface area contributed by atoms with Crippen LogP contribution in [0.4, 0.5) is 20.6 Å². The minimum absolute atomic E-state index is 0.188. The number of ether oxygens (including phenoxy) is 1. The molecule has 28 heavy (non-hydrogen) atoms. The van der Waals surface area contributed by atoms with E-state index in [2.05, 4.69) is 5.32 Å². The normalized spacial score (nSPS) is 22.5. The van der Waals surface area contributed by atoms with Gasteiger partial charge >= 0.3 is 6.09 Å². The fraction of sp³-hybridized carbons (Fsp3) is 0.529. The van der Waals surface area contributed by atoms with Gasteiger partial charge in [-0.05, 0) is 24.6 Å². The van der Waals surface area contributed by atoms with Gasteiger partial charge in [-0.3, -0.25) is 13.9 Å². The summed E-state index contributed by atoms with van der Waals surface area (Å²) < 4.78 is 47.3. The van der Waals surface area contributed by atoms with Crippen LogP contribution in [-0.4, -0.2) is 65.1 Å². The van der Waals surface area contributed by atoms with Gasteiger partial charge in [-0.25, -0.2) is 9.18 Å². The number of amides is 2. The van der Waals surface area contributed by atoms with Gasteiger partial charge in [-0.2, -0.15) is 8.42 Å². The first-order valence-electron chi connectivity index (χ1n) is 8.78. The van der Waals surface area contributed by atoms with Crippen molar-refractivity contribution in [1.82, 2.24) is 5.32 Å². The van der Waals surface area contributed by atoms with Gasteiger partial charge in [-0.15, -0.1) is 0 Å². The van der Waals surface area contributed by atoms with Crippen molar-refractivity contribution in [3.8, 4) is 0 Å². The molecule has 0 bridgehead atoms. The summed E-state index contributed by atoms with van der Waals surface area (Å²) in [7, 11) is -3.57. The molecule has 1 aromatic carbocycles. The van der Waals surface area contributed by atoms with Crippen LogP contribution in [0.5, 0.6) is 0 Å². The van der Waals surface area contributed by atoms with Gasteiger partial charge in [0, 0.05) is 20.0 Å². The van der Waals surface area contributed by atoms with Crippen molar-refractivity contribution in [1.29, 1.82) is 0 Å². The minimum Gasteiger partial charge on any atom is -0.442 e. The van der Waals surface area contributed by atoms with E-state index >= 15 is 0 Å². The first kappa shape index (κ1) is 20.3. The van der Waals surface area contributed by atoms with Crippen LogP contribution in [-0.2, 0) is 23.8 Å². The van der Waals surface area contributed by atoms with E-state index in [4.69, 9.17) is 8.92 Å². The van der Waals surface area contributed by atoms with Crippen LogP contribution < -0.4 is 15.1 Å². The number of benzene rings is 1. The van der Waals surface area contributed by atoms with Crippen LogP contribution in [0.15, 0.2) is 18.2 Å². The molecule has 2 fully saturated rings. The lowest BCUT2D eigenvalue weighted by Crippen LogP contribution is -2.33. The van der Waals surface area contributed by atoms with Crippen molar-refractivity contribution in [2.75, 3.05) is 42.2 Å². The van der Waals surface area contributed by atoms with E-state index in [9.17, 15) is 22.4 Å². The van der Waals surface area contributed by atoms with Crippen LogP contribution in [0.25, 0.3) is 0 Å². The Morgan fingerprint density at radius 3 is 2.79 bits per heavy atom. The van der Waals surface area contributed by atoms with E-state index in [1.54, 1.807) is 17.0 Å². The largest absolute Gasteiger partial charge is 0.442 e. The molecule has 0 aromatic heterocycles. The molecular weight excluding hydrogens is 393 g/mol. The molecule has 154 valence electrons. The van der Waals surface area contributed by atoms with E-state index in [-0.39, 0.29) is 25.5 Å². The van der Waals surface area contributed by atoms with E-state index in [0.717, 1.165) is 6.26 Å². The number of hydrogen-bond acceptors (Lipinski definition) is 7. The summed E-state index contributed by atoms with van der Waals surface area (Å²) in [4.78, 5) is 26.0. The second kappa shape index (κ2) is 7.92. The smallest absolute Gasteiger partial charge is 0.414 e. The van der Waals surface area contributed by atoms with Crippen LogP contribution in [0.1, 0.15) is 13.3 Å². The molecule has 2 amide bonds. The number of nitrogens with zero attached hydrogens (tertiary/aromatic N) is 2. The third-order valence-electron chi connectivity index (χ3n) is 4.49. The minimum atomic E-state index is -3.57. The van der Waals surface area contributed by atoms with Crippen LogP contribution in [0, 0.1) is 5.82 Å². The zero-order chi connectivity index (χ0) is 20.5. The lowest BCUT2D eigenvalue weighted by Gasteiger charge is -2.21. The SMILES string of the molecule is CC(=O)NC[C@H]1CN(c2ccc(N3CCC(OS(C)(=O)=O)C3)c(F)c2)C(=O)O1. The molecule has 1 N–H and O–H groups in total. The maximum atomic E-state index is 14.7. The van der Waals surface area contributed by atoms with Crippen LogP contribution >= 0.6 is 0 Å². The monoisotopic (exact) mass is 415 g/mol. The number of carbonyl (C=O) groups excluding carboxylic acids is 2. The average molecular weight is 415 g/mol. The van der Waals surface area contributed by atoms with Gasteiger partial charge in [0.25, 0.3) is 10.1 Å². The van der Waals surface area contributed by atoms with Crippen molar-refractivity contribution in [3.63, 3.8) is 0 Å². The highest BCUT2D eigenvalue weighted by atomic mass is 32.2. The van der Waals surface area contributed by atoms with Crippen LogP contribution in [0.2, 0.25) is 0 Å². The molecule has 2 aliphatic rings. The number of anilines is 2. The van der Waals surface area contributed by atoms with E-state index in [1.165, 1.54) is 17.9 Å². The van der Waals surface area contributed by atoms with E-state index < -0.39 is 34.2 Å². The lowest BCUT2D eigenvalue weighted by atomic mass is 10.2. The fourth-order valence-electron chi connectivity index (χ4n) is 3.29. The summed E-state index contributed by atoms with van der Waals surface area (Å²) in [5.74, 6) is -0.760. The summed E-state index contributed by atoms with van der Waals surface area (Å²) in [6.07, 6.45) is -0.175. The molecule has 0 spiro atoms. The van der Waals surface area contributed by atoms with Crippen LogP contribution in [0.3, 0.4) is 0 Å². The second-order valence-corrected chi connectivity index (χ2v) is 8.45. The van der Waals surface area contributed by atoms with Crippen molar-refractivity contribution in [2.45, 2.75) is 25.6 Å². The summed E-state index contributed by atoms with van der Waals surface area (Å²) >= 11 is 0. The summed E-state index contributed by atoms with van der Waals surface area (Å²) in [6.45, 7) is 2.47. The molecule has 2 aliphatic heterocycles. The second-order valence-electron chi connectivity index (χ2n) is 6.85. The Labute approximate surface area is 162 Å². The van der Waals surface area contributed by atoms with E-state index in [0.29, 0.717) is 24.3 Å². The standard InChI is InChI=1S/C17H22FN3O6S/c1-11(22)19-8-14-10-21(17(23)26-14)12-3-4-16(15(18)7-12)20-6-5-13(9-20)27-28(2,24)25/h3-4,7,13-14H,5-6,8-10H2,1-2H3,(H,19,22)/t13?,14-/m0/s1. The van der Waals surface area contributed by atoms with Crippen molar-refractivity contribution < 1.29 is 31.3 Å². The van der Waals surface area contributed by atoms with Gasteiger partial charge in [0.2, 0.25) is 5.91 Å². The Balaban J connectivity index is 1.66. The highest BCUT2D eigenvalue weighted by Gasteiger charge is 2.33. The molecule has 1 unspecified atom stereocenters. The summed E-state index contributed by atoms with van der Waals surface area (Å²) in [5.41, 5.74) is 0.658. The molecule has 2 heterocycles. The number of cyclic esters (lactones) is 1. The highest BCUT2D eigenvalue weighted by Crippen LogP contribution is 2.30. The Morgan fingerprint density at radius 1 is 1.39 bits per heavy atom. The van der Waals surface area contributed by atoms with Crippen molar-refractivity contribution in [3.05, 3.63) is 24.0 Å². The van der Waals surface area contributed by atoms with Gasteiger partial charge in [0.1, 0.15) is 11.9 Å². The maximum Gasteiger partial charge on any atom is 0.414 e. The Kier molecular flexibility index (Phi) is 5.75. The molecular formula is C17H22FN3O6S. The Bertz CT molecular complexity index is 878. The maximum absolute atomic E-state index is 14.7. The third-order valence-corrected chi connectivity index (χ3v) is 5.11. The third kappa shape index (κ3) is 4.90. The molecule has 2 saturated heterocycles. The molecule has 2 atom stereocenters. The predicted octanol–water partition coefficient (Wildman–Crippen LogP) is 0.842. The van der Waals surface area contributed by atoms with Gasteiger partial charge in [0.05, 0.1) is 36.8 Å². The zero-order valence-corrected chi connectivity index (χ0v) is 16.4. The molecule has 3 rings (SSSR count). The lowest BCUT2D eigenvalue weighted by molar-refractivity contribution is -0.119. The number of nitrogens with one attached hydrogen (secondary N) is 1. The number of hydrogen-bond donors (Lipinski definition) is 1. The van der Waals surface area contributed by atoms with Crippen molar-refractivity contribution in [2.24, 2.45) is 0 Å². The number of halogens is 1. The first-order valence-corrected chi connectivity index (χ1v) is 10.6. The average Bonchev–Trinajstić information content (AvgIpc) is 3.18. The quantitative estimate of drug-likeness (QED) is 0.687. The fourth-order valence-corrected chi connectivity index (χ4v) is 3.94. The van der Waals surface area contributed by atoms with Gasteiger partial charge < -0.3 is 15.0 Å². The molecule has 9 nitrogen and oxygen atoms in total. The molecule has 0 saturated carbocycles. The highest BCUT2D eigenvalue weighted by molar-refractivity contribution is 7.86. The summed E-state index contributed by atoms with van der Waals surface area (Å²) in [5, 5.41) is 2.58. The van der Waals surface area contributed by atoms with Crippen molar-refractivity contribution >= 4 is 33.5 Å². The molecule has 0 radical (unpaired) electrons. The van der Waals surface area contributed by atoms with Gasteiger partial charge in [0.15, 0.2) is 0 Å². The molecule has 1 aromatic rings. The zero-order valence-electron chi connectivity index (χ0n) is 15.6. The van der Waals surface area contributed by atoms with Gasteiger partial charge in [-0.1, -0.05) is 0 Å². The Morgan fingerprint density at radius 2 is 2.14 bits per heavy atom. The Hall–Kier alpha value is -2.40. The topological polar surface area (TPSA) is 105 Å². The molecule has 11 heteroatoms. The van der Waals surface area contributed by atoms with E-state index in [1.807, 2.05) is 0 Å². The first-order chi connectivity index (χ1) is 13.1. The number of carbonyl (C=O) groups is 2. The molecule has 0 aliphatic carbocycles.